The minimum atomic E-state index is -3.45. The van der Waals surface area contributed by atoms with Crippen LogP contribution in [0.1, 0.15) is 32.6 Å². The molecule has 1 N–H and O–H groups in total. The largest absolute Gasteiger partial charge is 0.326 e. The number of nitrogens with one attached hydrogen (secondary N) is 1. The lowest BCUT2D eigenvalue weighted by atomic mass is 10.2. The molecule has 1 saturated carbocycles. The number of hydrogen-bond donors (Lipinski definition) is 1. The fraction of sp³-hybridized carbons (Fsp3) is 0.562. The van der Waals surface area contributed by atoms with Gasteiger partial charge in [0.05, 0.1) is 4.90 Å². The molecule has 2 fully saturated rings. The van der Waals surface area contributed by atoms with Crippen LogP contribution in [0.3, 0.4) is 0 Å². The Bertz CT molecular complexity index is 666. The number of carbonyl (C=O) groups is 1. The molecule has 0 spiro atoms. The smallest absolute Gasteiger partial charge is 0.243 e. The Kier molecular flexibility index (Phi) is 4.23. The molecule has 0 aromatic heterocycles. The molecule has 2 atom stereocenters. The van der Waals surface area contributed by atoms with Crippen LogP contribution in [-0.4, -0.2) is 31.7 Å². The summed E-state index contributed by atoms with van der Waals surface area (Å²) in [6.07, 6.45) is 3.82. The van der Waals surface area contributed by atoms with E-state index in [-0.39, 0.29) is 16.7 Å². The van der Waals surface area contributed by atoms with Gasteiger partial charge in [-0.1, -0.05) is 19.4 Å². The first-order chi connectivity index (χ1) is 10.5. The van der Waals surface area contributed by atoms with Gasteiger partial charge in [-0.25, -0.2) is 8.42 Å². The number of hydrogen-bond acceptors (Lipinski definition) is 3. The van der Waals surface area contributed by atoms with Crippen molar-refractivity contribution in [3.63, 3.8) is 0 Å². The fourth-order valence-corrected chi connectivity index (χ4v) is 4.47. The highest BCUT2D eigenvalue weighted by Crippen LogP contribution is 2.38. The number of benzene rings is 1. The summed E-state index contributed by atoms with van der Waals surface area (Å²) in [6.45, 7) is 3.21. The van der Waals surface area contributed by atoms with Crippen molar-refractivity contribution in [3.05, 3.63) is 24.3 Å². The van der Waals surface area contributed by atoms with Crippen LogP contribution in [-0.2, 0) is 14.8 Å². The summed E-state index contributed by atoms with van der Waals surface area (Å²) < 4.78 is 26.8. The Morgan fingerprint density at radius 2 is 1.91 bits per heavy atom. The normalized spacial score (nSPS) is 25.7. The second kappa shape index (κ2) is 6.01. The van der Waals surface area contributed by atoms with Crippen LogP contribution >= 0.6 is 0 Å². The number of amides is 1. The van der Waals surface area contributed by atoms with Crippen LogP contribution in [0.4, 0.5) is 5.69 Å². The molecule has 1 amide bonds. The van der Waals surface area contributed by atoms with Crippen LogP contribution in [0.5, 0.6) is 0 Å². The zero-order valence-corrected chi connectivity index (χ0v) is 13.6. The van der Waals surface area contributed by atoms with E-state index in [0.717, 1.165) is 25.7 Å². The maximum atomic E-state index is 12.6. The molecule has 1 aliphatic carbocycles. The van der Waals surface area contributed by atoms with E-state index in [9.17, 15) is 13.2 Å². The third-order valence-corrected chi connectivity index (χ3v) is 6.40. The van der Waals surface area contributed by atoms with Crippen LogP contribution < -0.4 is 5.32 Å². The Morgan fingerprint density at radius 3 is 2.55 bits per heavy atom. The summed E-state index contributed by atoms with van der Waals surface area (Å²) in [5.41, 5.74) is 0.558. The SMILES string of the molecule is C[C@H]1C[C@H]1C(=O)Nc1cccc(S(=O)(=O)N2CCCCC2)c1. The third kappa shape index (κ3) is 3.17. The third-order valence-electron chi connectivity index (χ3n) is 4.50. The molecular formula is C16H22N2O3S. The molecule has 1 aromatic carbocycles. The quantitative estimate of drug-likeness (QED) is 0.926. The predicted molar refractivity (Wildman–Crippen MR) is 85.0 cm³/mol. The Hall–Kier alpha value is -1.40. The summed E-state index contributed by atoms with van der Waals surface area (Å²) in [6, 6.07) is 6.58. The van der Waals surface area contributed by atoms with Crippen LogP contribution in [0, 0.1) is 11.8 Å². The van der Waals surface area contributed by atoms with E-state index in [4.69, 9.17) is 0 Å². The lowest BCUT2D eigenvalue weighted by Gasteiger charge is -2.26. The summed E-state index contributed by atoms with van der Waals surface area (Å²) in [4.78, 5) is 12.2. The minimum Gasteiger partial charge on any atom is -0.326 e. The molecule has 2 aliphatic rings. The maximum absolute atomic E-state index is 12.6. The van der Waals surface area contributed by atoms with Crippen molar-refractivity contribution in [1.82, 2.24) is 4.31 Å². The number of nitrogens with zero attached hydrogens (tertiary/aromatic N) is 1. The predicted octanol–water partition coefficient (Wildman–Crippen LogP) is 2.46. The van der Waals surface area contributed by atoms with Crippen molar-refractivity contribution in [2.24, 2.45) is 11.8 Å². The van der Waals surface area contributed by atoms with Gasteiger partial charge in [0.1, 0.15) is 0 Å². The Labute approximate surface area is 131 Å². The molecule has 1 aromatic rings. The number of rotatable bonds is 4. The van der Waals surface area contributed by atoms with Crippen LogP contribution in [0.25, 0.3) is 0 Å². The van der Waals surface area contributed by atoms with E-state index in [1.54, 1.807) is 28.6 Å². The molecule has 120 valence electrons. The zero-order valence-electron chi connectivity index (χ0n) is 12.8. The van der Waals surface area contributed by atoms with Crippen LogP contribution in [0.15, 0.2) is 29.2 Å². The van der Waals surface area contributed by atoms with E-state index < -0.39 is 10.0 Å². The van der Waals surface area contributed by atoms with Gasteiger partial charge in [0.2, 0.25) is 15.9 Å². The van der Waals surface area contributed by atoms with Gasteiger partial charge in [0, 0.05) is 24.7 Å². The molecule has 3 rings (SSSR count). The van der Waals surface area contributed by atoms with Crippen molar-refractivity contribution < 1.29 is 13.2 Å². The van der Waals surface area contributed by atoms with E-state index in [1.165, 1.54) is 0 Å². The molecule has 0 unspecified atom stereocenters. The molecule has 1 heterocycles. The molecule has 1 aliphatic heterocycles. The fourth-order valence-electron chi connectivity index (χ4n) is 2.91. The molecular weight excluding hydrogens is 300 g/mol. The first kappa shape index (κ1) is 15.5. The molecule has 0 bridgehead atoms. The van der Waals surface area contributed by atoms with E-state index in [1.807, 2.05) is 6.92 Å². The van der Waals surface area contributed by atoms with E-state index in [2.05, 4.69) is 5.32 Å². The van der Waals surface area contributed by atoms with Gasteiger partial charge in [-0.15, -0.1) is 0 Å². The monoisotopic (exact) mass is 322 g/mol. The highest BCUT2D eigenvalue weighted by molar-refractivity contribution is 7.89. The standard InChI is InChI=1S/C16H22N2O3S/c1-12-10-15(12)16(19)17-13-6-5-7-14(11-13)22(20,21)18-8-3-2-4-9-18/h5-7,11-12,15H,2-4,8-10H2,1H3,(H,17,19)/t12-,15+/m0/s1. The van der Waals surface area contributed by atoms with Gasteiger partial charge in [0.15, 0.2) is 0 Å². The summed E-state index contributed by atoms with van der Waals surface area (Å²) in [5, 5.41) is 2.83. The van der Waals surface area contributed by atoms with Gasteiger partial charge in [-0.2, -0.15) is 4.31 Å². The number of carbonyl (C=O) groups excluding carboxylic acids is 1. The number of anilines is 1. The second-order valence-corrected chi connectivity index (χ2v) is 8.24. The highest BCUT2D eigenvalue weighted by atomic mass is 32.2. The highest BCUT2D eigenvalue weighted by Gasteiger charge is 2.39. The summed E-state index contributed by atoms with van der Waals surface area (Å²) in [7, 11) is -3.45. The first-order valence-corrected chi connectivity index (χ1v) is 9.33. The lowest BCUT2D eigenvalue weighted by molar-refractivity contribution is -0.117. The average Bonchev–Trinajstić information content (AvgIpc) is 3.25. The lowest BCUT2D eigenvalue weighted by Crippen LogP contribution is -2.35. The maximum Gasteiger partial charge on any atom is 0.243 e. The Morgan fingerprint density at radius 1 is 1.23 bits per heavy atom. The van der Waals surface area contributed by atoms with Crippen LogP contribution in [0.2, 0.25) is 0 Å². The molecule has 6 heteroatoms. The van der Waals surface area contributed by atoms with Gasteiger partial charge in [-0.05, 0) is 43.4 Å². The van der Waals surface area contributed by atoms with Gasteiger partial charge >= 0.3 is 0 Å². The summed E-state index contributed by atoms with van der Waals surface area (Å²) >= 11 is 0. The van der Waals surface area contributed by atoms with E-state index >= 15 is 0 Å². The first-order valence-electron chi connectivity index (χ1n) is 7.89. The Balaban J connectivity index is 1.76. The van der Waals surface area contributed by atoms with Crippen molar-refractivity contribution in [1.29, 1.82) is 0 Å². The zero-order chi connectivity index (χ0) is 15.7. The molecule has 0 radical (unpaired) electrons. The van der Waals surface area contributed by atoms with Crippen molar-refractivity contribution in [2.75, 3.05) is 18.4 Å². The van der Waals surface area contributed by atoms with Gasteiger partial charge < -0.3 is 5.32 Å². The number of piperidine rings is 1. The van der Waals surface area contributed by atoms with Gasteiger partial charge in [0.25, 0.3) is 0 Å². The summed E-state index contributed by atoms with van der Waals surface area (Å²) in [5.74, 6) is 0.489. The average molecular weight is 322 g/mol. The minimum absolute atomic E-state index is 0.0139. The molecule has 5 nitrogen and oxygen atoms in total. The van der Waals surface area contributed by atoms with Gasteiger partial charge in [-0.3, -0.25) is 4.79 Å². The second-order valence-electron chi connectivity index (χ2n) is 6.30. The van der Waals surface area contributed by atoms with Crippen molar-refractivity contribution >= 4 is 21.6 Å². The van der Waals surface area contributed by atoms with E-state index in [0.29, 0.717) is 24.7 Å². The topological polar surface area (TPSA) is 66.5 Å². The van der Waals surface area contributed by atoms with Crippen molar-refractivity contribution in [2.45, 2.75) is 37.5 Å². The molecule has 22 heavy (non-hydrogen) atoms. The molecule has 1 saturated heterocycles. The number of sulfonamides is 1. The van der Waals surface area contributed by atoms with Crippen molar-refractivity contribution in [3.8, 4) is 0 Å².